The molecule has 0 fully saturated rings. The van der Waals surface area contributed by atoms with Gasteiger partial charge in [-0.05, 0) is 46.1 Å². The van der Waals surface area contributed by atoms with E-state index in [1.165, 1.54) is 26.2 Å². The van der Waals surface area contributed by atoms with Gasteiger partial charge in [0.15, 0.2) is 0 Å². The predicted molar refractivity (Wildman–Crippen MR) is 125 cm³/mol. The number of benzene rings is 2. The fraction of sp³-hybridized carbons (Fsp3) is 0.208. The maximum Gasteiger partial charge on any atom is 0.355 e. The van der Waals surface area contributed by atoms with E-state index in [0.717, 1.165) is 5.56 Å². The Bertz CT molecular complexity index is 1210. The van der Waals surface area contributed by atoms with Crippen molar-refractivity contribution in [2.24, 2.45) is 5.73 Å². The summed E-state index contributed by atoms with van der Waals surface area (Å²) in [5, 5.41) is 10.1. The van der Waals surface area contributed by atoms with Gasteiger partial charge in [0, 0.05) is 4.47 Å². The maximum atomic E-state index is 13.1. The number of hydrogen-bond donors (Lipinski definition) is 1. The van der Waals surface area contributed by atoms with Crippen LogP contribution in [0.4, 0.5) is 5.69 Å². The number of carbonyl (C=O) groups excluding carboxylic acids is 2. The smallest absolute Gasteiger partial charge is 0.355 e. The van der Waals surface area contributed by atoms with Gasteiger partial charge in [-0.25, -0.2) is 9.59 Å². The molecule has 1 aliphatic rings. The molecule has 1 aliphatic heterocycles. The number of aryl methyl sites for hydroxylation is 1. The first-order valence-electron chi connectivity index (χ1n) is 9.80. The van der Waals surface area contributed by atoms with E-state index < -0.39 is 17.9 Å². The molecule has 1 heterocycles. The molecule has 170 valence electrons. The Morgan fingerprint density at radius 2 is 1.73 bits per heavy atom. The molecule has 0 saturated heterocycles. The van der Waals surface area contributed by atoms with Gasteiger partial charge in [-0.3, -0.25) is 4.90 Å². The van der Waals surface area contributed by atoms with Crippen molar-refractivity contribution in [1.82, 2.24) is 0 Å². The minimum Gasteiger partial charge on any atom is -0.495 e. The standard InChI is InChI=1S/C24H22BrN3O5/c1-13-10-16(25)20(17(11-13)31-2)28-21(24(30)33-4)19(23(29)32-3)18(15(12-26)22(28)27)14-8-6-5-7-9-14/h5-11,18H,27H2,1-4H3. The highest BCUT2D eigenvalue weighted by Crippen LogP contribution is 2.47. The zero-order valence-electron chi connectivity index (χ0n) is 18.5. The lowest BCUT2D eigenvalue weighted by atomic mass is 9.81. The van der Waals surface area contributed by atoms with Gasteiger partial charge in [-0.15, -0.1) is 0 Å². The molecule has 0 spiro atoms. The van der Waals surface area contributed by atoms with Crippen molar-refractivity contribution in [3.8, 4) is 11.8 Å². The summed E-state index contributed by atoms with van der Waals surface area (Å²) in [6, 6.07) is 14.5. The van der Waals surface area contributed by atoms with Gasteiger partial charge in [-0.1, -0.05) is 30.3 Å². The van der Waals surface area contributed by atoms with E-state index in [1.807, 2.05) is 6.92 Å². The van der Waals surface area contributed by atoms with Gasteiger partial charge in [-0.2, -0.15) is 5.26 Å². The van der Waals surface area contributed by atoms with Gasteiger partial charge in [0.05, 0.1) is 44.5 Å². The number of nitrogens with two attached hydrogens (primary N) is 1. The summed E-state index contributed by atoms with van der Waals surface area (Å²) >= 11 is 3.50. The van der Waals surface area contributed by atoms with E-state index in [9.17, 15) is 14.9 Å². The summed E-state index contributed by atoms with van der Waals surface area (Å²) in [5.41, 5.74) is 8.16. The van der Waals surface area contributed by atoms with Crippen LogP contribution in [0.1, 0.15) is 17.0 Å². The Hall–Kier alpha value is -3.77. The fourth-order valence-electron chi connectivity index (χ4n) is 3.82. The molecule has 0 radical (unpaired) electrons. The number of carbonyl (C=O) groups is 2. The molecule has 2 N–H and O–H groups in total. The molecular formula is C24H22BrN3O5. The van der Waals surface area contributed by atoms with E-state index in [-0.39, 0.29) is 22.7 Å². The van der Waals surface area contributed by atoms with Crippen LogP contribution in [0.3, 0.4) is 0 Å². The first kappa shape index (κ1) is 23.9. The highest BCUT2D eigenvalue weighted by molar-refractivity contribution is 9.10. The molecule has 0 aromatic heterocycles. The van der Waals surface area contributed by atoms with Crippen molar-refractivity contribution in [2.75, 3.05) is 26.2 Å². The molecule has 8 nitrogen and oxygen atoms in total. The zero-order chi connectivity index (χ0) is 24.3. The lowest BCUT2D eigenvalue weighted by Gasteiger charge is -2.36. The topological polar surface area (TPSA) is 115 Å². The lowest BCUT2D eigenvalue weighted by molar-refractivity contribution is -0.139. The van der Waals surface area contributed by atoms with Crippen LogP contribution in [0.15, 0.2) is 69.6 Å². The van der Waals surface area contributed by atoms with Crippen molar-refractivity contribution in [3.63, 3.8) is 0 Å². The minimum atomic E-state index is -0.941. The molecule has 0 bridgehead atoms. The van der Waals surface area contributed by atoms with E-state index in [1.54, 1.807) is 42.5 Å². The van der Waals surface area contributed by atoms with E-state index in [2.05, 4.69) is 22.0 Å². The third kappa shape index (κ3) is 4.17. The van der Waals surface area contributed by atoms with Crippen LogP contribution in [0.5, 0.6) is 5.75 Å². The Morgan fingerprint density at radius 1 is 1.09 bits per heavy atom. The van der Waals surface area contributed by atoms with Crippen molar-refractivity contribution in [2.45, 2.75) is 12.8 Å². The largest absolute Gasteiger partial charge is 0.495 e. The summed E-state index contributed by atoms with van der Waals surface area (Å²) < 4.78 is 16.2. The Balaban J connectivity index is 2.49. The zero-order valence-corrected chi connectivity index (χ0v) is 20.1. The number of allylic oxidation sites excluding steroid dienone is 1. The first-order valence-corrected chi connectivity index (χ1v) is 10.6. The SMILES string of the molecule is COC(=O)C1=C(C(=O)OC)N(c2c(Br)cc(C)cc2OC)C(N)=C(C#N)C1c1ccccc1. The third-order valence-corrected chi connectivity index (χ3v) is 5.83. The molecule has 0 saturated carbocycles. The minimum absolute atomic E-state index is 0.0396. The molecule has 1 unspecified atom stereocenters. The Kier molecular flexibility index (Phi) is 7.09. The second-order valence-electron chi connectivity index (χ2n) is 7.13. The lowest BCUT2D eigenvalue weighted by Crippen LogP contribution is -2.41. The van der Waals surface area contributed by atoms with E-state index >= 15 is 0 Å². The predicted octanol–water partition coefficient (Wildman–Crippen LogP) is 3.66. The van der Waals surface area contributed by atoms with Gasteiger partial charge in [0.1, 0.15) is 23.0 Å². The summed E-state index contributed by atoms with van der Waals surface area (Å²) in [6.45, 7) is 1.87. The van der Waals surface area contributed by atoms with Crippen LogP contribution < -0.4 is 15.4 Å². The summed E-state index contributed by atoms with van der Waals surface area (Å²) in [6.07, 6.45) is 0. The van der Waals surface area contributed by atoms with E-state index in [0.29, 0.717) is 21.5 Å². The molecule has 33 heavy (non-hydrogen) atoms. The molecule has 1 atom stereocenters. The van der Waals surface area contributed by atoms with Gasteiger partial charge >= 0.3 is 11.9 Å². The Labute approximate surface area is 200 Å². The molecule has 9 heteroatoms. The van der Waals surface area contributed by atoms with Gasteiger partial charge < -0.3 is 19.9 Å². The molecule has 0 amide bonds. The van der Waals surface area contributed by atoms with Crippen molar-refractivity contribution < 1.29 is 23.8 Å². The molecule has 2 aromatic rings. The normalized spacial score (nSPS) is 15.8. The maximum absolute atomic E-state index is 13.1. The average molecular weight is 512 g/mol. The number of esters is 2. The molecule has 3 rings (SSSR count). The van der Waals surface area contributed by atoms with Gasteiger partial charge in [0.2, 0.25) is 0 Å². The van der Waals surface area contributed by atoms with Crippen LogP contribution in [0, 0.1) is 18.3 Å². The second kappa shape index (κ2) is 9.79. The quantitative estimate of drug-likeness (QED) is 0.604. The summed E-state index contributed by atoms with van der Waals surface area (Å²) in [7, 11) is 3.86. The average Bonchev–Trinajstić information content (AvgIpc) is 2.82. The van der Waals surface area contributed by atoms with E-state index in [4.69, 9.17) is 19.9 Å². The number of ether oxygens (including phenoxy) is 3. The third-order valence-electron chi connectivity index (χ3n) is 5.23. The number of nitrogens with zero attached hydrogens (tertiary/aromatic N) is 2. The van der Waals surface area contributed by atoms with Crippen molar-refractivity contribution >= 4 is 33.6 Å². The molecule has 0 aliphatic carbocycles. The Morgan fingerprint density at radius 3 is 2.27 bits per heavy atom. The highest BCUT2D eigenvalue weighted by atomic mass is 79.9. The second-order valence-corrected chi connectivity index (χ2v) is 7.99. The summed E-state index contributed by atoms with van der Waals surface area (Å²) in [4.78, 5) is 27.5. The number of rotatable bonds is 5. The van der Waals surface area contributed by atoms with Crippen molar-refractivity contribution in [1.29, 1.82) is 5.26 Å². The monoisotopic (exact) mass is 511 g/mol. The van der Waals surface area contributed by atoms with Crippen LogP contribution in [0.25, 0.3) is 0 Å². The van der Waals surface area contributed by atoms with Crippen LogP contribution in [-0.2, 0) is 19.1 Å². The molecule has 2 aromatic carbocycles. The van der Waals surface area contributed by atoms with Crippen molar-refractivity contribution in [3.05, 3.63) is 80.7 Å². The fourth-order valence-corrected chi connectivity index (χ4v) is 4.55. The molecular weight excluding hydrogens is 490 g/mol. The van der Waals surface area contributed by atoms with Crippen LogP contribution in [0.2, 0.25) is 0 Å². The van der Waals surface area contributed by atoms with Gasteiger partial charge in [0.25, 0.3) is 0 Å². The number of halogens is 1. The number of hydrogen-bond acceptors (Lipinski definition) is 8. The van der Waals surface area contributed by atoms with Crippen LogP contribution in [-0.4, -0.2) is 33.3 Å². The number of nitriles is 1. The number of anilines is 1. The van der Waals surface area contributed by atoms with Crippen LogP contribution >= 0.6 is 15.9 Å². The first-order chi connectivity index (χ1) is 15.8. The highest BCUT2D eigenvalue weighted by Gasteiger charge is 2.44. The number of methoxy groups -OCH3 is 3. The summed E-state index contributed by atoms with van der Waals surface area (Å²) in [5.74, 6) is -2.24.